The molecule has 0 saturated heterocycles. The molecule has 0 aromatic heterocycles. The molecule has 0 spiro atoms. The van der Waals surface area contributed by atoms with Gasteiger partial charge in [0.2, 0.25) is 0 Å². The van der Waals surface area contributed by atoms with E-state index in [1.807, 2.05) is 6.07 Å². The van der Waals surface area contributed by atoms with E-state index in [1.54, 1.807) is 0 Å². The van der Waals surface area contributed by atoms with Gasteiger partial charge < -0.3 is 10.5 Å². The minimum absolute atomic E-state index is 0. The Morgan fingerprint density at radius 1 is 1.20 bits per heavy atom. The number of benzene rings is 1. The zero-order valence-electron chi connectivity index (χ0n) is 12.7. The summed E-state index contributed by atoms with van der Waals surface area (Å²) >= 11 is 6.37. The molecule has 0 bridgehead atoms. The number of hydrogen-bond donors (Lipinski definition) is 1. The molecule has 0 aliphatic carbocycles. The quantitative estimate of drug-likeness (QED) is 0.748. The molecule has 0 heterocycles. The maximum Gasteiger partial charge on any atom is 0.141 e. The lowest BCUT2D eigenvalue weighted by Gasteiger charge is -2.16. The zero-order chi connectivity index (χ0) is 14.3. The first kappa shape index (κ1) is 19.6. The molecule has 0 amide bonds. The Hall–Kier alpha value is -0.440. The van der Waals surface area contributed by atoms with Crippen LogP contribution in [0, 0.1) is 0 Å². The SMILES string of the molecule is CCCOc1c(Cl)cc(CC(N)CC)cc1CCC.Cl. The lowest BCUT2D eigenvalue weighted by Crippen LogP contribution is -2.21. The summed E-state index contributed by atoms with van der Waals surface area (Å²) in [5.74, 6) is 0.860. The van der Waals surface area contributed by atoms with Crippen molar-refractivity contribution in [3.63, 3.8) is 0 Å². The highest BCUT2D eigenvalue weighted by atomic mass is 35.5. The average Bonchev–Trinajstić information content (AvgIpc) is 2.38. The number of nitrogens with two attached hydrogens (primary N) is 1. The van der Waals surface area contributed by atoms with Crippen molar-refractivity contribution in [3.05, 3.63) is 28.3 Å². The van der Waals surface area contributed by atoms with Gasteiger partial charge in [-0.2, -0.15) is 0 Å². The Balaban J connectivity index is 0.00000361. The van der Waals surface area contributed by atoms with E-state index in [0.29, 0.717) is 6.61 Å². The molecule has 116 valence electrons. The van der Waals surface area contributed by atoms with Crippen LogP contribution >= 0.6 is 24.0 Å². The molecule has 1 aromatic rings. The van der Waals surface area contributed by atoms with E-state index in [4.69, 9.17) is 22.1 Å². The van der Waals surface area contributed by atoms with Crippen molar-refractivity contribution >= 4 is 24.0 Å². The first-order valence-electron chi connectivity index (χ1n) is 7.31. The predicted molar refractivity (Wildman–Crippen MR) is 90.5 cm³/mol. The molecule has 0 aliphatic rings. The second-order valence-electron chi connectivity index (χ2n) is 5.04. The largest absolute Gasteiger partial charge is 0.492 e. The second kappa shape index (κ2) is 10.3. The highest BCUT2D eigenvalue weighted by Gasteiger charge is 2.12. The maximum atomic E-state index is 6.37. The van der Waals surface area contributed by atoms with Crippen molar-refractivity contribution in [2.45, 2.75) is 58.9 Å². The smallest absolute Gasteiger partial charge is 0.141 e. The fourth-order valence-corrected chi connectivity index (χ4v) is 2.41. The molecule has 1 rings (SSSR count). The number of halogens is 2. The van der Waals surface area contributed by atoms with Crippen molar-refractivity contribution in [2.24, 2.45) is 5.73 Å². The summed E-state index contributed by atoms with van der Waals surface area (Å²) in [5, 5.41) is 0.720. The van der Waals surface area contributed by atoms with E-state index in [-0.39, 0.29) is 18.4 Å². The van der Waals surface area contributed by atoms with E-state index in [2.05, 4.69) is 26.8 Å². The summed E-state index contributed by atoms with van der Waals surface area (Å²) in [4.78, 5) is 0. The van der Waals surface area contributed by atoms with E-state index in [9.17, 15) is 0 Å². The molecular formula is C16H27Cl2NO. The monoisotopic (exact) mass is 319 g/mol. The van der Waals surface area contributed by atoms with E-state index < -0.39 is 0 Å². The minimum atomic E-state index is 0. The third-order valence-electron chi connectivity index (χ3n) is 3.17. The summed E-state index contributed by atoms with van der Waals surface area (Å²) in [7, 11) is 0. The molecule has 20 heavy (non-hydrogen) atoms. The summed E-state index contributed by atoms with van der Waals surface area (Å²) in [6, 6.07) is 4.41. The molecule has 0 saturated carbocycles. The average molecular weight is 320 g/mol. The summed E-state index contributed by atoms with van der Waals surface area (Å²) < 4.78 is 5.79. The highest BCUT2D eigenvalue weighted by molar-refractivity contribution is 6.32. The van der Waals surface area contributed by atoms with Crippen LogP contribution in [0.2, 0.25) is 5.02 Å². The first-order chi connectivity index (χ1) is 9.12. The van der Waals surface area contributed by atoms with Crippen LogP contribution in [-0.2, 0) is 12.8 Å². The van der Waals surface area contributed by atoms with Gasteiger partial charge in [0.25, 0.3) is 0 Å². The van der Waals surface area contributed by atoms with Crippen LogP contribution in [0.3, 0.4) is 0 Å². The molecule has 2 N–H and O–H groups in total. The van der Waals surface area contributed by atoms with Gasteiger partial charge in [-0.3, -0.25) is 0 Å². The molecule has 1 atom stereocenters. The standard InChI is InChI=1S/C16H26ClNO.ClH/c1-4-7-13-9-12(10-14(18)6-3)11-15(17)16(13)19-8-5-2;/h9,11,14H,4-8,10,18H2,1-3H3;1H. The zero-order valence-corrected chi connectivity index (χ0v) is 14.3. The number of hydrogen-bond acceptors (Lipinski definition) is 2. The van der Waals surface area contributed by atoms with Gasteiger partial charge in [-0.25, -0.2) is 0 Å². The van der Waals surface area contributed by atoms with Gasteiger partial charge in [-0.15, -0.1) is 12.4 Å². The Bertz CT molecular complexity index is 396. The van der Waals surface area contributed by atoms with Crippen molar-refractivity contribution in [3.8, 4) is 5.75 Å². The van der Waals surface area contributed by atoms with Gasteiger partial charge in [-0.05, 0) is 42.9 Å². The van der Waals surface area contributed by atoms with Gasteiger partial charge in [0.05, 0.1) is 11.6 Å². The van der Waals surface area contributed by atoms with Gasteiger partial charge >= 0.3 is 0 Å². The molecule has 0 aliphatic heterocycles. The Morgan fingerprint density at radius 3 is 2.45 bits per heavy atom. The highest BCUT2D eigenvalue weighted by Crippen LogP contribution is 2.32. The van der Waals surface area contributed by atoms with E-state index >= 15 is 0 Å². The molecule has 4 heteroatoms. The third kappa shape index (κ3) is 5.90. The van der Waals surface area contributed by atoms with Crippen LogP contribution in [0.4, 0.5) is 0 Å². The molecule has 2 nitrogen and oxygen atoms in total. The maximum absolute atomic E-state index is 6.37. The lowest BCUT2D eigenvalue weighted by atomic mass is 10.00. The Morgan fingerprint density at radius 2 is 1.90 bits per heavy atom. The number of rotatable bonds is 8. The molecule has 0 fully saturated rings. The van der Waals surface area contributed by atoms with Gasteiger partial charge in [0, 0.05) is 6.04 Å². The van der Waals surface area contributed by atoms with E-state index in [1.165, 1.54) is 11.1 Å². The molecule has 1 aromatic carbocycles. The lowest BCUT2D eigenvalue weighted by molar-refractivity contribution is 0.314. The molecule has 1 unspecified atom stereocenters. The van der Waals surface area contributed by atoms with Crippen molar-refractivity contribution in [1.29, 1.82) is 0 Å². The fourth-order valence-electron chi connectivity index (χ4n) is 2.10. The van der Waals surface area contributed by atoms with Crippen LogP contribution in [-0.4, -0.2) is 12.6 Å². The predicted octanol–water partition coefficient (Wildman–Crippen LogP) is 4.78. The third-order valence-corrected chi connectivity index (χ3v) is 3.45. The van der Waals surface area contributed by atoms with Crippen molar-refractivity contribution in [1.82, 2.24) is 0 Å². The van der Waals surface area contributed by atoms with Crippen molar-refractivity contribution in [2.75, 3.05) is 6.61 Å². The topological polar surface area (TPSA) is 35.2 Å². The summed E-state index contributed by atoms with van der Waals surface area (Å²) in [6.07, 6.45) is 4.93. The van der Waals surface area contributed by atoms with Gasteiger partial charge in [0.1, 0.15) is 5.75 Å². The van der Waals surface area contributed by atoms with E-state index in [0.717, 1.165) is 42.9 Å². The van der Waals surface area contributed by atoms with Crippen LogP contribution in [0.25, 0.3) is 0 Å². The number of ether oxygens (including phenoxy) is 1. The fraction of sp³-hybridized carbons (Fsp3) is 0.625. The second-order valence-corrected chi connectivity index (χ2v) is 5.44. The van der Waals surface area contributed by atoms with Crippen LogP contribution < -0.4 is 10.5 Å². The van der Waals surface area contributed by atoms with Crippen LogP contribution in [0.5, 0.6) is 5.75 Å². The Kier molecular flexibility index (Phi) is 10.1. The van der Waals surface area contributed by atoms with Crippen molar-refractivity contribution < 1.29 is 4.74 Å². The molecule has 0 radical (unpaired) electrons. The Labute approximate surface area is 134 Å². The van der Waals surface area contributed by atoms with Crippen LogP contribution in [0.1, 0.15) is 51.2 Å². The first-order valence-corrected chi connectivity index (χ1v) is 7.69. The summed E-state index contributed by atoms with van der Waals surface area (Å²) in [5.41, 5.74) is 8.45. The van der Waals surface area contributed by atoms with Crippen LogP contribution in [0.15, 0.2) is 12.1 Å². The number of aryl methyl sites for hydroxylation is 1. The van der Waals surface area contributed by atoms with Gasteiger partial charge in [-0.1, -0.05) is 44.9 Å². The molecular weight excluding hydrogens is 293 g/mol. The van der Waals surface area contributed by atoms with Gasteiger partial charge in [0.15, 0.2) is 0 Å². The minimum Gasteiger partial charge on any atom is -0.492 e. The summed E-state index contributed by atoms with van der Waals surface area (Å²) in [6.45, 7) is 7.09. The normalized spacial score (nSPS) is 11.8.